The maximum atomic E-state index is 12.8. The first-order valence-corrected chi connectivity index (χ1v) is 16.1. The monoisotopic (exact) mass is 545 g/mol. The molecule has 8 heteroatoms. The van der Waals surface area contributed by atoms with Gasteiger partial charge in [-0.1, -0.05) is 32.1 Å². The summed E-state index contributed by atoms with van der Waals surface area (Å²) >= 11 is 1.43. The molecule has 38 heavy (non-hydrogen) atoms. The van der Waals surface area contributed by atoms with Gasteiger partial charge in [0.15, 0.2) is 0 Å². The van der Waals surface area contributed by atoms with Crippen molar-refractivity contribution in [3.05, 3.63) is 5.01 Å². The fourth-order valence-electron chi connectivity index (χ4n) is 10.1. The number of carbonyl (C=O) groups is 1. The van der Waals surface area contributed by atoms with Gasteiger partial charge in [-0.15, -0.1) is 10.2 Å². The van der Waals surface area contributed by atoms with Gasteiger partial charge in [-0.25, -0.2) is 0 Å². The van der Waals surface area contributed by atoms with Crippen LogP contribution >= 0.6 is 11.3 Å². The van der Waals surface area contributed by atoms with Gasteiger partial charge in [0.05, 0.1) is 12.2 Å². The highest BCUT2D eigenvalue weighted by Crippen LogP contribution is 2.68. The van der Waals surface area contributed by atoms with Gasteiger partial charge in [-0.3, -0.25) is 4.79 Å². The van der Waals surface area contributed by atoms with E-state index in [4.69, 9.17) is 4.74 Å². The molecule has 212 valence electrons. The lowest BCUT2D eigenvalue weighted by Gasteiger charge is -2.62. The molecule has 0 bridgehead atoms. The summed E-state index contributed by atoms with van der Waals surface area (Å²) in [6.07, 6.45) is 11.6. The molecule has 4 aliphatic carbocycles. The van der Waals surface area contributed by atoms with Crippen LogP contribution in [0, 0.1) is 46.3 Å². The molecular weight excluding hydrogens is 498 g/mol. The third-order valence-electron chi connectivity index (χ3n) is 12.1. The molecular formula is C30H47N3O4S. The standard InChI is InChI=1S/C30H47N3O4S/c1-17(6-9-25(36)31-28-33-32-27(38-28)24-5-4-14-37-24)20-7-8-21-26-22(11-13-30(20,21)3)29(2)12-10-19(34)15-18(29)16-23(26)35/h17-24,26,34-35H,4-16H2,1-3H3,(H,31,33,36)/t17-,18+,19-,20-,21+,22+,23+,24-,26+,29+,30-/m1/s1. The van der Waals surface area contributed by atoms with Crippen LogP contribution in [0.5, 0.6) is 0 Å². The summed E-state index contributed by atoms with van der Waals surface area (Å²) in [6, 6.07) is 0. The Hall–Kier alpha value is -1.09. The van der Waals surface area contributed by atoms with Crippen molar-refractivity contribution >= 4 is 22.4 Å². The molecule has 0 spiro atoms. The number of rotatable bonds is 6. The summed E-state index contributed by atoms with van der Waals surface area (Å²) in [5.41, 5.74) is 0.505. The third kappa shape index (κ3) is 4.65. The lowest BCUT2D eigenvalue weighted by atomic mass is 9.43. The number of fused-ring (bicyclic) bond motifs is 5. The lowest BCUT2D eigenvalue weighted by Crippen LogP contribution is -2.58. The number of nitrogens with one attached hydrogen (secondary N) is 1. The lowest BCUT2D eigenvalue weighted by molar-refractivity contribution is -0.174. The maximum Gasteiger partial charge on any atom is 0.226 e. The van der Waals surface area contributed by atoms with Crippen molar-refractivity contribution in [3.8, 4) is 0 Å². The van der Waals surface area contributed by atoms with Crippen molar-refractivity contribution in [3.63, 3.8) is 0 Å². The number of hydrogen-bond donors (Lipinski definition) is 3. The summed E-state index contributed by atoms with van der Waals surface area (Å²) in [5, 5.41) is 34.6. The van der Waals surface area contributed by atoms with Gasteiger partial charge in [-0.05, 0) is 117 Å². The van der Waals surface area contributed by atoms with Crippen LogP contribution in [0.3, 0.4) is 0 Å². The maximum absolute atomic E-state index is 12.8. The highest BCUT2D eigenvalue weighted by molar-refractivity contribution is 7.15. The van der Waals surface area contributed by atoms with E-state index in [1.165, 1.54) is 37.0 Å². The Kier molecular flexibility index (Phi) is 7.41. The van der Waals surface area contributed by atoms with E-state index in [0.29, 0.717) is 47.1 Å². The Morgan fingerprint density at radius 1 is 1.08 bits per heavy atom. The molecule has 4 saturated carbocycles. The van der Waals surface area contributed by atoms with Crippen molar-refractivity contribution in [1.82, 2.24) is 10.2 Å². The number of aliphatic hydroxyl groups excluding tert-OH is 2. The number of amides is 1. The van der Waals surface area contributed by atoms with Crippen LogP contribution < -0.4 is 5.32 Å². The van der Waals surface area contributed by atoms with Crippen molar-refractivity contribution in [2.75, 3.05) is 11.9 Å². The van der Waals surface area contributed by atoms with E-state index in [9.17, 15) is 15.0 Å². The van der Waals surface area contributed by atoms with E-state index in [2.05, 4.69) is 36.3 Å². The summed E-state index contributed by atoms with van der Waals surface area (Å²) in [4.78, 5) is 12.8. The van der Waals surface area contributed by atoms with Crippen LogP contribution in [-0.4, -0.2) is 45.1 Å². The van der Waals surface area contributed by atoms with Gasteiger partial charge in [-0.2, -0.15) is 0 Å². The Balaban J connectivity index is 1.07. The van der Waals surface area contributed by atoms with Crippen LogP contribution in [0.25, 0.3) is 0 Å². The zero-order chi connectivity index (χ0) is 26.7. The average molecular weight is 546 g/mol. The number of nitrogens with zero attached hydrogens (tertiary/aromatic N) is 2. The first-order valence-electron chi connectivity index (χ1n) is 15.3. The van der Waals surface area contributed by atoms with Crippen molar-refractivity contribution in [2.24, 2.45) is 46.3 Å². The van der Waals surface area contributed by atoms with Gasteiger partial charge < -0.3 is 20.3 Å². The summed E-state index contributed by atoms with van der Waals surface area (Å²) in [5.74, 6) is 3.08. The second-order valence-electron chi connectivity index (χ2n) is 14.0. The first-order chi connectivity index (χ1) is 18.2. The fourth-order valence-corrected chi connectivity index (χ4v) is 10.9. The Labute approximate surface area is 231 Å². The first kappa shape index (κ1) is 27.1. The number of aromatic nitrogens is 2. The molecule has 1 aromatic rings. The predicted molar refractivity (Wildman–Crippen MR) is 147 cm³/mol. The summed E-state index contributed by atoms with van der Waals surface area (Å²) in [6.45, 7) is 8.09. The second kappa shape index (κ2) is 10.4. The molecule has 3 N–H and O–H groups in total. The molecule has 11 atom stereocenters. The number of ether oxygens (including phenoxy) is 1. The third-order valence-corrected chi connectivity index (χ3v) is 13.1. The van der Waals surface area contributed by atoms with Crippen LogP contribution in [0.15, 0.2) is 0 Å². The zero-order valence-corrected chi connectivity index (χ0v) is 24.2. The van der Waals surface area contributed by atoms with Crippen molar-refractivity contribution < 1.29 is 19.7 Å². The quantitative estimate of drug-likeness (QED) is 0.421. The fraction of sp³-hybridized carbons (Fsp3) is 0.900. The minimum atomic E-state index is -0.237. The Bertz CT molecular complexity index is 1010. The van der Waals surface area contributed by atoms with E-state index in [0.717, 1.165) is 56.6 Å². The number of anilines is 1. The summed E-state index contributed by atoms with van der Waals surface area (Å²) < 4.78 is 5.69. The van der Waals surface area contributed by atoms with Crippen molar-refractivity contribution in [2.45, 2.75) is 116 Å². The predicted octanol–water partition coefficient (Wildman–Crippen LogP) is 5.74. The second-order valence-corrected chi connectivity index (χ2v) is 15.0. The van der Waals surface area contributed by atoms with E-state index in [-0.39, 0.29) is 35.0 Å². The highest BCUT2D eigenvalue weighted by atomic mass is 32.1. The molecule has 7 nitrogen and oxygen atoms in total. The molecule has 1 aliphatic heterocycles. The van der Waals surface area contributed by atoms with Gasteiger partial charge in [0.25, 0.3) is 0 Å². The van der Waals surface area contributed by atoms with Gasteiger partial charge in [0, 0.05) is 13.0 Å². The SMILES string of the molecule is C[C@H](CCC(=O)Nc1nnc([C@H]2CCCO2)s1)[C@H]1CC[C@H]2[C@@H]3[C@@H](O)C[C@@H]4C[C@H](O)CC[C@]4(C)[C@H]3CC[C@]12C. The molecule has 5 aliphatic rings. The van der Waals surface area contributed by atoms with Gasteiger partial charge in [0.2, 0.25) is 11.0 Å². The van der Waals surface area contributed by atoms with Crippen molar-refractivity contribution in [1.29, 1.82) is 0 Å². The van der Waals surface area contributed by atoms with Crippen LogP contribution in [0.1, 0.15) is 109 Å². The van der Waals surface area contributed by atoms with E-state index in [1.54, 1.807) is 0 Å². The highest BCUT2D eigenvalue weighted by Gasteiger charge is 2.62. The Morgan fingerprint density at radius 2 is 1.87 bits per heavy atom. The molecule has 0 unspecified atom stereocenters. The van der Waals surface area contributed by atoms with Crippen LogP contribution in [-0.2, 0) is 9.53 Å². The smallest absolute Gasteiger partial charge is 0.226 e. The largest absolute Gasteiger partial charge is 0.393 e. The molecule has 1 amide bonds. The summed E-state index contributed by atoms with van der Waals surface area (Å²) in [7, 11) is 0. The molecule has 5 fully saturated rings. The molecule has 6 rings (SSSR count). The number of aliphatic hydroxyl groups is 2. The van der Waals surface area contributed by atoms with Crippen LogP contribution in [0.2, 0.25) is 0 Å². The van der Waals surface area contributed by atoms with Crippen LogP contribution in [0.4, 0.5) is 5.13 Å². The number of hydrogen-bond acceptors (Lipinski definition) is 7. The minimum absolute atomic E-state index is 0.0245. The Morgan fingerprint density at radius 3 is 2.66 bits per heavy atom. The molecule has 0 radical (unpaired) electrons. The molecule has 2 heterocycles. The molecule has 0 aromatic carbocycles. The minimum Gasteiger partial charge on any atom is -0.393 e. The average Bonchev–Trinajstić information content (AvgIpc) is 3.63. The van der Waals surface area contributed by atoms with Gasteiger partial charge in [0.1, 0.15) is 11.1 Å². The van der Waals surface area contributed by atoms with Gasteiger partial charge >= 0.3 is 0 Å². The normalized spacial score (nSPS) is 45.2. The molecule has 1 aromatic heterocycles. The molecule has 1 saturated heterocycles. The topological polar surface area (TPSA) is 105 Å². The van der Waals surface area contributed by atoms with E-state index < -0.39 is 0 Å². The zero-order valence-electron chi connectivity index (χ0n) is 23.4. The van der Waals surface area contributed by atoms with E-state index >= 15 is 0 Å². The number of carbonyl (C=O) groups excluding carboxylic acids is 1. The van der Waals surface area contributed by atoms with E-state index in [1.807, 2.05) is 0 Å².